The van der Waals surface area contributed by atoms with Crippen LogP contribution in [0.2, 0.25) is 0 Å². The standard InChI is InChI=1S/C8H16O2/c1-3-7-4-6(2)8(5-9)10-7/h6-9H,3-5H2,1-2H3. The summed E-state index contributed by atoms with van der Waals surface area (Å²) in [6.07, 6.45) is 2.68. The van der Waals surface area contributed by atoms with Crippen molar-refractivity contribution in [3.8, 4) is 0 Å². The molecule has 60 valence electrons. The fourth-order valence-corrected chi connectivity index (χ4v) is 1.49. The monoisotopic (exact) mass is 144 g/mol. The summed E-state index contributed by atoms with van der Waals surface area (Å²) in [4.78, 5) is 0. The Bertz CT molecular complexity index is 103. The van der Waals surface area contributed by atoms with Crippen LogP contribution in [0.3, 0.4) is 0 Å². The predicted octanol–water partition coefficient (Wildman–Crippen LogP) is 1.18. The van der Waals surface area contributed by atoms with E-state index in [1.165, 1.54) is 0 Å². The van der Waals surface area contributed by atoms with E-state index in [9.17, 15) is 0 Å². The summed E-state index contributed by atoms with van der Waals surface area (Å²) in [6, 6.07) is 0. The van der Waals surface area contributed by atoms with Crippen LogP contribution in [0.4, 0.5) is 0 Å². The van der Waals surface area contributed by atoms with Gasteiger partial charge in [0.1, 0.15) is 0 Å². The van der Waals surface area contributed by atoms with Gasteiger partial charge in [0.15, 0.2) is 0 Å². The highest BCUT2D eigenvalue weighted by Gasteiger charge is 2.29. The predicted molar refractivity (Wildman–Crippen MR) is 39.8 cm³/mol. The summed E-state index contributed by atoms with van der Waals surface area (Å²) < 4.78 is 5.52. The van der Waals surface area contributed by atoms with Crippen molar-refractivity contribution in [1.82, 2.24) is 0 Å². The van der Waals surface area contributed by atoms with E-state index in [0.717, 1.165) is 12.8 Å². The third kappa shape index (κ3) is 1.50. The number of hydrogen-bond acceptors (Lipinski definition) is 2. The Kier molecular flexibility index (Phi) is 2.69. The topological polar surface area (TPSA) is 29.5 Å². The minimum Gasteiger partial charge on any atom is -0.394 e. The molecular formula is C8H16O2. The van der Waals surface area contributed by atoms with Crippen LogP contribution in [0.15, 0.2) is 0 Å². The van der Waals surface area contributed by atoms with Crippen LogP contribution in [-0.2, 0) is 4.74 Å². The molecule has 0 saturated carbocycles. The van der Waals surface area contributed by atoms with Gasteiger partial charge in [0.25, 0.3) is 0 Å². The highest BCUT2D eigenvalue weighted by atomic mass is 16.5. The van der Waals surface area contributed by atoms with Gasteiger partial charge >= 0.3 is 0 Å². The SMILES string of the molecule is CCC1CC(C)C(CO)O1. The van der Waals surface area contributed by atoms with E-state index in [1.54, 1.807) is 0 Å². The van der Waals surface area contributed by atoms with Gasteiger partial charge in [-0.05, 0) is 18.8 Å². The fourth-order valence-electron chi connectivity index (χ4n) is 1.49. The van der Waals surface area contributed by atoms with Crippen molar-refractivity contribution in [1.29, 1.82) is 0 Å². The lowest BCUT2D eigenvalue weighted by Crippen LogP contribution is -2.18. The van der Waals surface area contributed by atoms with Crippen molar-refractivity contribution in [2.45, 2.75) is 38.9 Å². The van der Waals surface area contributed by atoms with Crippen LogP contribution >= 0.6 is 0 Å². The minimum atomic E-state index is 0.102. The molecule has 0 aromatic heterocycles. The summed E-state index contributed by atoms with van der Waals surface area (Å²) in [7, 11) is 0. The van der Waals surface area contributed by atoms with E-state index in [0.29, 0.717) is 12.0 Å². The first kappa shape index (κ1) is 8.02. The normalized spacial score (nSPS) is 40.5. The van der Waals surface area contributed by atoms with E-state index in [4.69, 9.17) is 9.84 Å². The largest absolute Gasteiger partial charge is 0.394 e. The lowest BCUT2D eigenvalue weighted by molar-refractivity contribution is 0.000688. The maximum Gasteiger partial charge on any atom is 0.0835 e. The van der Waals surface area contributed by atoms with E-state index in [1.807, 2.05) is 0 Å². The van der Waals surface area contributed by atoms with Crippen molar-refractivity contribution < 1.29 is 9.84 Å². The molecule has 1 saturated heterocycles. The Balaban J connectivity index is 2.36. The maximum atomic E-state index is 8.82. The van der Waals surface area contributed by atoms with Crippen molar-refractivity contribution >= 4 is 0 Å². The number of aliphatic hydroxyl groups excluding tert-OH is 1. The van der Waals surface area contributed by atoms with Gasteiger partial charge < -0.3 is 9.84 Å². The molecular weight excluding hydrogens is 128 g/mol. The zero-order valence-electron chi connectivity index (χ0n) is 6.71. The van der Waals surface area contributed by atoms with Crippen LogP contribution in [0.1, 0.15) is 26.7 Å². The van der Waals surface area contributed by atoms with Crippen LogP contribution in [-0.4, -0.2) is 23.9 Å². The van der Waals surface area contributed by atoms with Crippen molar-refractivity contribution in [2.24, 2.45) is 5.92 Å². The maximum absolute atomic E-state index is 8.82. The molecule has 0 bridgehead atoms. The molecule has 1 N–H and O–H groups in total. The quantitative estimate of drug-likeness (QED) is 0.630. The van der Waals surface area contributed by atoms with Crippen LogP contribution < -0.4 is 0 Å². The molecule has 1 fully saturated rings. The van der Waals surface area contributed by atoms with E-state index >= 15 is 0 Å². The molecule has 3 atom stereocenters. The molecule has 2 nitrogen and oxygen atoms in total. The average molecular weight is 144 g/mol. The Morgan fingerprint density at radius 2 is 2.30 bits per heavy atom. The van der Waals surface area contributed by atoms with Gasteiger partial charge in [-0.2, -0.15) is 0 Å². The zero-order chi connectivity index (χ0) is 7.56. The highest BCUT2D eigenvalue weighted by Crippen LogP contribution is 2.27. The second-order valence-corrected chi connectivity index (χ2v) is 3.10. The number of ether oxygens (including phenoxy) is 1. The fraction of sp³-hybridized carbons (Fsp3) is 1.00. The molecule has 0 aromatic carbocycles. The Morgan fingerprint density at radius 1 is 1.60 bits per heavy atom. The molecule has 0 amide bonds. The minimum absolute atomic E-state index is 0.102. The lowest BCUT2D eigenvalue weighted by atomic mass is 10.0. The third-order valence-electron chi connectivity index (χ3n) is 2.27. The summed E-state index contributed by atoms with van der Waals surface area (Å²) in [5.74, 6) is 0.537. The zero-order valence-corrected chi connectivity index (χ0v) is 6.71. The molecule has 2 heteroatoms. The first-order chi connectivity index (χ1) is 4.77. The Labute approximate surface area is 62.2 Å². The molecule has 0 radical (unpaired) electrons. The van der Waals surface area contributed by atoms with Gasteiger partial charge in [-0.25, -0.2) is 0 Å². The van der Waals surface area contributed by atoms with Gasteiger partial charge in [-0.3, -0.25) is 0 Å². The summed E-state index contributed by atoms with van der Waals surface area (Å²) in [6.45, 7) is 4.44. The second kappa shape index (κ2) is 3.35. The third-order valence-corrected chi connectivity index (χ3v) is 2.27. The van der Waals surface area contributed by atoms with Gasteiger partial charge in [0.2, 0.25) is 0 Å². The van der Waals surface area contributed by atoms with E-state index in [-0.39, 0.29) is 12.7 Å². The van der Waals surface area contributed by atoms with Crippen molar-refractivity contribution in [3.63, 3.8) is 0 Å². The molecule has 1 aliphatic heterocycles. The molecule has 1 rings (SSSR count). The summed E-state index contributed by atoms with van der Waals surface area (Å²) >= 11 is 0. The number of aliphatic hydroxyl groups is 1. The smallest absolute Gasteiger partial charge is 0.0835 e. The van der Waals surface area contributed by atoms with Gasteiger partial charge in [-0.15, -0.1) is 0 Å². The van der Waals surface area contributed by atoms with Crippen molar-refractivity contribution in [3.05, 3.63) is 0 Å². The van der Waals surface area contributed by atoms with E-state index < -0.39 is 0 Å². The molecule has 1 heterocycles. The molecule has 0 aliphatic carbocycles. The van der Waals surface area contributed by atoms with Gasteiger partial charge in [0.05, 0.1) is 18.8 Å². The van der Waals surface area contributed by atoms with Crippen LogP contribution in [0, 0.1) is 5.92 Å². The second-order valence-electron chi connectivity index (χ2n) is 3.10. The average Bonchev–Trinajstić information content (AvgIpc) is 2.30. The molecule has 0 aromatic rings. The van der Waals surface area contributed by atoms with Crippen molar-refractivity contribution in [2.75, 3.05) is 6.61 Å². The van der Waals surface area contributed by atoms with Crippen LogP contribution in [0.5, 0.6) is 0 Å². The summed E-state index contributed by atoms with van der Waals surface area (Å²) in [5.41, 5.74) is 0. The highest BCUT2D eigenvalue weighted by molar-refractivity contribution is 4.77. The lowest BCUT2D eigenvalue weighted by Gasteiger charge is -2.10. The Morgan fingerprint density at radius 3 is 2.60 bits per heavy atom. The van der Waals surface area contributed by atoms with E-state index in [2.05, 4.69) is 13.8 Å². The number of rotatable bonds is 2. The molecule has 1 aliphatic rings. The molecule has 10 heavy (non-hydrogen) atoms. The van der Waals surface area contributed by atoms with Gasteiger partial charge in [0, 0.05) is 0 Å². The molecule has 3 unspecified atom stereocenters. The van der Waals surface area contributed by atoms with Gasteiger partial charge in [-0.1, -0.05) is 13.8 Å². The number of hydrogen-bond donors (Lipinski definition) is 1. The first-order valence-electron chi connectivity index (χ1n) is 4.04. The molecule has 0 spiro atoms. The van der Waals surface area contributed by atoms with Crippen LogP contribution in [0.25, 0.3) is 0 Å². The summed E-state index contributed by atoms with van der Waals surface area (Å²) in [5, 5.41) is 8.82. The first-order valence-corrected chi connectivity index (χ1v) is 4.04. The Hall–Kier alpha value is -0.0800.